The molecule has 1 saturated heterocycles. The first-order valence-corrected chi connectivity index (χ1v) is 6.15. The van der Waals surface area contributed by atoms with Gasteiger partial charge >= 0.3 is 0 Å². The Balaban J connectivity index is 2.35. The summed E-state index contributed by atoms with van der Waals surface area (Å²) >= 11 is 0. The zero-order valence-corrected chi connectivity index (χ0v) is 10.3. The fourth-order valence-corrected chi connectivity index (χ4v) is 1.96. The third-order valence-corrected chi connectivity index (χ3v) is 3.28. The number of nitrogens with zero attached hydrogens (tertiary/aromatic N) is 1. The van der Waals surface area contributed by atoms with Gasteiger partial charge in [-0.3, -0.25) is 4.90 Å². The molecule has 1 aliphatic heterocycles. The van der Waals surface area contributed by atoms with E-state index < -0.39 is 0 Å². The fourth-order valence-electron chi connectivity index (χ4n) is 1.96. The second-order valence-electron chi connectivity index (χ2n) is 4.75. The fraction of sp³-hybridized carbons (Fsp3) is 1.00. The summed E-state index contributed by atoms with van der Waals surface area (Å²) in [7, 11) is 0. The number of hydrogen-bond acceptors (Lipinski definition) is 3. The Kier molecular flexibility index (Phi) is 5.58. The zero-order chi connectivity index (χ0) is 11.3. The van der Waals surface area contributed by atoms with Crippen LogP contribution in [-0.2, 0) is 4.74 Å². The van der Waals surface area contributed by atoms with Crippen LogP contribution < -0.4 is 0 Å². The van der Waals surface area contributed by atoms with Gasteiger partial charge in [0.05, 0.1) is 12.2 Å². The molecule has 90 valence electrons. The first-order valence-electron chi connectivity index (χ1n) is 6.15. The van der Waals surface area contributed by atoms with Gasteiger partial charge in [-0.05, 0) is 19.3 Å². The van der Waals surface area contributed by atoms with Gasteiger partial charge in [0.2, 0.25) is 0 Å². The molecule has 1 aliphatic rings. The van der Waals surface area contributed by atoms with Crippen molar-refractivity contribution in [2.45, 2.75) is 45.8 Å². The van der Waals surface area contributed by atoms with E-state index in [0.29, 0.717) is 12.0 Å². The maximum absolute atomic E-state index is 9.97. The summed E-state index contributed by atoms with van der Waals surface area (Å²) in [6.45, 7) is 10.0. The molecule has 1 heterocycles. The van der Waals surface area contributed by atoms with Crippen molar-refractivity contribution in [3.05, 3.63) is 0 Å². The second-order valence-corrected chi connectivity index (χ2v) is 4.75. The van der Waals surface area contributed by atoms with Gasteiger partial charge in [0.1, 0.15) is 0 Å². The normalized spacial score (nSPS) is 28.4. The Labute approximate surface area is 93.4 Å². The standard InChI is InChI=1S/C12H25NO2/c1-4-10(2)12(14)9-13-6-5-7-15-11(3)8-13/h10-12,14H,4-9H2,1-3H3. The van der Waals surface area contributed by atoms with Crippen molar-refractivity contribution >= 4 is 0 Å². The van der Waals surface area contributed by atoms with E-state index in [9.17, 15) is 5.11 Å². The first kappa shape index (κ1) is 12.9. The SMILES string of the molecule is CCC(C)C(O)CN1CCCOC(C)C1. The van der Waals surface area contributed by atoms with Crippen LogP contribution in [0.5, 0.6) is 0 Å². The molecule has 0 aliphatic carbocycles. The Morgan fingerprint density at radius 1 is 1.53 bits per heavy atom. The van der Waals surface area contributed by atoms with Gasteiger partial charge in [0, 0.05) is 26.2 Å². The van der Waals surface area contributed by atoms with Crippen molar-refractivity contribution in [1.82, 2.24) is 4.90 Å². The van der Waals surface area contributed by atoms with Crippen molar-refractivity contribution in [2.24, 2.45) is 5.92 Å². The van der Waals surface area contributed by atoms with E-state index in [2.05, 4.69) is 25.7 Å². The Morgan fingerprint density at radius 2 is 2.27 bits per heavy atom. The largest absolute Gasteiger partial charge is 0.392 e. The minimum absolute atomic E-state index is 0.194. The van der Waals surface area contributed by atoms with E-state index in [1.165, 1.54) is 0 Å². The minimum atomic E-state index is -0.194. The quantitative estimate of drug-likeness (QED) is 0.771. The monoisotopic (exact) mass is 215 g/mol. The van der Waals surface area contributed by atoms with Crippen LogP contribution in [0.3, 0.4) is 0 Å². The molecule has 1 rings (SSSR count). The number of rotatable bonds is 4. The number of β-amino-alcohol motifs (C(OH)–C–C–N with tert-alkyl or cyclic N) is 1. The topological polar surface area (TPSA) is 32.7 Å². The molecule has 0 radical (unpaired) electrons. The van der Waals surface area contributed by atoms with Gasteiger partial charge in [0.25, 0.3) is 0 Å². The molecule has 15 heavy (non-hydrogen) atoms. The third-order valence-electron chi connectivity index (χ3n) is 3.28. The summed E-state index contributed by atoms with van der Waals surface area (Å²) in [5.74, 6) is 0.393. The van der Waals surface area contributed by atoms with Crippen LogP contribution in [0.2, 0.25) is 0 Å². The van der Waals surface area contributed by atoms with Crippen LogP contribution in [0.25, 0.3) is 0 Å². The number of hydrogen-bond donors (Lipinski definition) is 1. The molecule has 0 saturated carbocycles. The van der Waals surface area contributed by atoms with Crippen LogP contribution >= 0.6 is 0 Å². The maximum Gasteiger partial charge on any atom is 0.0692 e. The van der Waals surface area contributed by atoms with Crippen molar-refractivity contribution < 1.29 is 9.84 Å². The van der Waals surface area contributed by atoms with Crippen molar-refractivity contribution in [1.29, 1.82) is 0 Å². The molecular weight excluding hydrogens is 190 g/mol. The van der Waals surface area contributed by atoms with Gasteiger partial charge < -0.3 is 9.84 Å². The highest BCUT2D eigenvalue weighted by molar-refractivity contribution is 4.72. The molecule has 1 N–H and O–H groups in total. The summed E-state index contributed by atoms with van der Waals surface area (Å²) in [5.41, 5.74) is 0. The highest BCUT2D eigenvalue weighted by Crippen LogP contribution is 2.11. The van der Waals surface area contributed by atoms with Gasteiger partial charge in [-0.15, -0.1) is 0 Å². The van der Waals surface area contributed by atoms with E-state index in [-0.39, 0.29) is 6.10 Å². The second kappa shape index (κ2) is 6.46. The number of aliphatic hydroxyl groups excluding tert-OH is 1. The smallest absolute Gasteiger partial charge is 0.0692 e. The van der Waals surface area contributed by atoms with E-state index in [4.69, 9.17) is 4.74 Å². The summed E-state index contributed by atoms with van der Waals surface area (Å²) < 4.78 is 5.58. The highest BCUT2D eigenvalue weighted by Gasteiger charge is 2.20. The molecule has 3 heteroatoms. The third kappa shape index (κ3) is 4.49. The molecule has 0 bridgehead atoms. The van der Waals surface area contributed by atoms with Crippen LogP contribution in [0.1, 0.15) is 33.6 Å². The molecule has 0 spiro atoms. The van der Waals surface area contributed by atoms with E-state index in [1.54, 1.807) is 0 Å². The van der Waals surface area contributed by atoms with E-state index in [1.807, 2.05) is 0 Å². The van der Waals surface area contributed by atoms with Crippen LogP contribution in [0.15, 0.2) is 0 Å². The van der Waals surface area contributed by atoms with Crippen molar-refractivity contribution in [2.75, 3.05) is 26.2 Å². The van der Waals surface area contributed by atoms with Gasteiger partial charge in [0.15, 0.2) is 0 Å². The molecule has 3 unspecified atom stereocenters. The molecule has 0 aromatic carbocycles. The molecule has 3 nitrogen and oxygen atoms in total. The van der Waals surface area contributed by atoms with Crippen molar-refractivity contribution in [3.8, 4) is 0 Å². The number of ether oxygens (including phenoxy) is 1. The van der Waals surface area contributed by atoms with Gasteiger partial charge in [-0.1, -0.05) is 20.3 Å². The molecule has 0 amide bonds. The van der Waals surface area contributed by atoms with Crippen LogP contribution in [-0.4, -0.2) is 48.5 Å². The predicted molar refractivity (Wildman–Crippen MR) is 61.9 cm³/mol. The number of aliphatic hydroxyl groups is 1. The van der Waals surface area contributed by atoms with Crippen LogP contribution in [0.4, 0.5) is 0 Å². The molecule has 0 aromatic rings. The zero-order valence-electron chi connectivity index (χ0n) is 10.3. The van der Waals surface area contributed by atoms with Crippen LogP contribution in [0, 0.1) is 5.92 Å². The lowest BCUT2D eigenvalue weighted by Gasteiger charge is -2.27. The average molecular weight is 215 g/mol. The predicted octanol–water partition coefficient (Wildman–Crippen LogP) is 1.50. The van der Waals surface area contributed by atoms with Gasteiger partial charge in [-0.2, -0.15) is 0 Å². The van der Waals surface area contributed by atoms with E-state index in [0.717, 1.165) is 39.1 Å². The average Bonchev–Trinajstić information content (AvgIpc) is 2.41. The molecule has 1 fully saturated rings. The molecular formula is C12H25NO2. The Bertz CT molecular complexity index is 175. The maximum atomic E-state index is 9.97. The summed E-state index contributed by atoms with van der Waals surface area (Å²) in [4.78, 5) is 2.33. The lowest BCUT2D eigenvalue weighted by atomic mass is 10.0. The first-order chi connectivity index (χ1) is 7.13. The van der Waals surface area contributed by atoms with Gasteiger partial charge in [-0.25, -0.2) is 0 Å². The summed E-state index contributed by atoms with van der Waals surface area (Å²) in [6.07, 6.45) is 2.23. The summed E-state index contributed by atoms with van der Waals surface area (Å²) in [5, 5.41) is 9.97. The highest BCUT2D eigenvalue weighted by atomic mass is 16.5. The Morgan fingerprint density at radius 3 is 2.93 bits per heavy atom. The lowest BCUT2D eigenvalue weighted by molar-refractivity contribution is 0.0429. The minimum Gasteiger partial charge on any atom is -0.392 e. The Hall–Kier alpha value is -0.120. The summed E-state index contributed by atoms with van der Waals surface area (Å²) in [6, 6.07) is 0. The molecule has 3 atom stereocenters. The molecule has 0 aromatic heterocycles. The van der Waals surface area contributed by atoms with Crippen molar-refractivity contribution in [3.63, 3.8) is 0 Å². The lowest BCUT2D eigenvalue weighted by Crippen LogP contribution is -2.38. The van der Waals surface area contributed by atoms with E-state index >= 15 is 0 Å².